The number of anilines is 1. The average molecular weight is 256 g/mol. The number of hydrogen-bond acceptors (Lipinski definition) is 3. The van der Waals surface area contributed by atoms with Crippen molar-refractivity contribution in [2.75, 3.05) is 18.1 Å². The fourth-order valence-electron chi connectivity index (χ4n) is 1.87. The van der Waals surface area contributed by atoms with Crippen LogP contribution in [-0.4, -0.2) is 30.5 Å². The van der Waals surface area contributed by atoms with Crippen LogP contribution >= 0.6 is 11.6 Å². The molecule has 1 aliphatic heterocycles. The normalized spacial score (nSPS) is 20.3. The van der Waals surface area contributed by atoms with Gasteiger partial charge in [-0.05, 0) is 24.6 Å². The highest BCUT2D eigenvalue weighted by atomic mass is 35.5. The molecule has 1 unspecified atom stereocenters. The molecule has 1 atom stereocenters. The number of nitrogens with zero attached hydrogens (tertiary/aromatic N) is 1. The third-order valence-corrected chi connectivity index (χ3v) is 3.31. The fraction of sp³-hybridized carbons (Fsp3) is 0.417. The summed E-state index contributed by atoms with van der Waals surface area (Å²) in [6, 6.07) is 5.42. The highest BCUT2D eigenvalue weighted by Crippen LogP contribution is 2.29. The number of cyclic esters (lactones) is 1. The zero-order valence-corrected chi connectivity index (χ0v) is 10.3. The molecule has 2 rings (SSSR count). The van der Waals surface area contributed by atoms with E-state index in [1.54, 1.807) is 17.0 Å². The molecule has 1 heterocycles. The quantitative estimate of drug-likeness (QED) is 0.883. The van der Waals surface area contributed by atoms with Crippen molar-refractivity contribution in [2.24, 2.45) is 0 Å². The maximum atomic E-state index is 11.8. The van der Waals surface area contributed by atoms with Crippen molar-refractivity contribution in [1.29, 1.82) is 0 Å². The number of hydrogen-bond donors (Lipinski definition) is 1. The lowest BCUT2D eigenvalue weighted by molar-refractivity contribution is 0.0452. The van der Waals surface area contributed by atoms with Crippen LogP contribution in [0, 0.1) is 6.92 Å². The van der Waals surface area contributed by atoms with Crippen molar-refractivity contribution in [1.82, 2.24) is 0 Å². The lowest BCUT2D eigenvalue weighted by atomic mass is 10.1. The third-order valence-electron chi connectivity index (χ3n) is 2.90. The molecule has 0 spiro atoms. The number of rotatable bonds is 2. The molecule has 1 aliphatic rings. The molecule has 0 bridgehead atoms. The molecule has 5 heteroatoms. The third kappa shape index (κ3) is 2.37. The van der Waals surface area contributed by atoms with Gasteiger partial charge in [0, 0.05) is 18.0 Å². The Bertz CT molecular complexity index is 436. The first-order valence-corrected chi connectivity index (χ1v) is 5.85. The number of aliphatic hydroxyl groups excluding tert-OH is 1. The maximum absolute atomic E-state index is 11.8. The van der Waals surface area contributed by atoms with Gasteiger partial charge < -0.3 is 9.84 Å². The number of carbonyl (C=O) groups is 1. The molecular formula is C12H14ClNO3. The number of halogens is 1. The standard InChI is InChI=1S/C12H14ClNO3/c1-8-10(13)3-2-4-11(8)14-6-5-9(7-15)17-12(14)16/h2-4,9,15H,5-7H2,1H3. The van der Waals surface area contributed by atoms with Gasteiger partial charge in [-0.3, -0.25) is 4.90 Å². The van der Waals surface area contributed by atoms with E-state index in [1.165, 1.54) is 0 Å². The Labute approximate surface area is 105 Å². The number of aliphatic hydroxyl groups is 1. The van der Waals surface area contributed by atoms with Gasteiger partial charge in [0.05, 0.1) is 12.3 Å². The summed E-state index contributed by atoms with van der Waals surface area (Å²) in [5.74, 6) is 0. The van der Waals surface area contributed by atoms with Crippen LogP contribution in [0.5, 0.6) is 0 Å². The van der Waals surface area contributed by atoms with Gasteiger partial charge in [0.25, 0.3) is 0 Å². The Morgan fingerprint density at radius 2 is 2.35 bits per heavy atom. The molecule has 1 aromatic carbocycles. The summed E-state index contributed by atoms with van der Waals surface area (Å²) >= 11 is 6.02. The summed E-state index contributed by atoms with van der Waals surface area (Å²) in [6.45, 7) is 2.27. The van der Waals surface area contributed by atoms with Crippen molar-refractivity contribution in [3.05, 3.63) is 28.8 Å². The van der Waals surface area contributed by atoms with Crippen LogP contribution < -0.4 is 4.90 Å². The van der Waals surface area contributed by atoms with Crippen molar-refractivity contribution < 1.29 is 14.6 Å². The SMILES string of the molecule is Cc1c(Cl)cccc1N1CCC(CO)OC1=O. The second kappa shape index (κ2) is 4.94. The van der Waals surface area contributed by atoms with Gasteiger partial charge in [-0.1, -0.05) is 17.7 Å². The molecule has 92 valence electrons. The van der Waals surface area contributed by atoms with E-state index in [-0.39, 0.29) is 6.61 Å². The average Bonchev–Trinajstić information content (AvgIpc) is 2.33. The number of carbonyl (C=O) groups excluding carboxylic acids is 1. The lowest BCUT2D eigenvalue weighted by Gasteiger charge is -2.31. The van der Waals surface area contributed by atoms with Crippen molar-refractivity contribution >= 4 is 23.4 Å². The van der Waals surface area contributed by atoms with Crippen molar-refractivity contribution in [3.8, 4) is 0 Å². The van der Waals surface area contributed by atoms with Crippen LogP contribution in [-0.2, 0) is 4.74 Å². The van der Waals surface area contributed by atoms with Gasteiger partial charge in [-0.15, -0.1) is 0 Å². The molecule has 1 aromatic rings. The Balaban J connectivity index is 2.23. The van der Waals surface area contributed by atoms with Crippen LogP contribution in [0.3, 0.4) is 0 Å². The predicted octanol–water partition coefficient (Wildman–Crippen LogP) is 2.36. The zero-order chi connectivity index (χ0) is 12.4. The smallest absolute Gasteiger partial charge is 0.414 e. The van der Waals surface area contributed by atoms with E-state index < -0.39 is 12.2 Å². The molecule has 0 aromatic heterocycles. The van der Waals surface area contributed by atoms with Crippen LogP contribution in [0.15, 0.2) is 18.2 Å². The van der Waals surface area contributed by atoms with Crippen LogP contribution in [0.1, 0.15) is 12.0 Å². The minimum absolute atomic E-state index is 0.131. The van der Waals surface area contributed by atoms with Gasteiger partial charge in [0.15, 0.2) is 0 Å². The largest absolute Gasteiger partial charge is 0.443 e. The van der Waals surface area contributed by atoms with Crippen molar-refractivity contribution in [2.45, 2.75) is 19.4 Å². The molecule has 0 aliphatic carbocycles. The molecule has 1 N–H and O–H groups in total. The van der Waals surface area contributed by atoms with E-state index in [0.29, 0.717) is 18.0 Å². The number of amides is 1. The summed E-state index contributed by atoms with van der Waals surface area (Å²) in [5, 5.41) is 9.57. The maximum Gasteiger partial charge on any atom is 0.414 e. The molecule has 0 saturated carbocycles. The monoisotopic (exact) mass is 255 g/mol. The summed E-state index contributed by atoms with van der Waals surface area (Å²) in [6.07, 6.45) is -0.201. The van der Waals surface area contributed by atoms with Gasteiger partial charge in [-0.25, -0.2) is 4.79 Å². The van der Waals surface area contributed by atoms with Gasteiger partial charge in [-0.2, -0.15) is 0 Å². The van der Waals surface area contributed by atoms with E-state index in [9.17, 15) is 4.79 Å². The molecule has 1 saturated heterocycles. The highest BCUT2D eigenvalue weighted by molar-refractivity contribution is 6.31. The zero-order valence-electron chi connectivity index (χ0n) is 9.52. The summed E-state index contributed by atoms with van der Waals surface area (Å²) < 4.78 is 5.09. The lowest BCUT2D eigenvalue weighted by Crippen LogP contribution is -2.43. The summed E-state index contributed by atoms with van der Waals surface area (Å²) in [7, 11) is 0. The molecule has 1 fully saturated rings. The molecule has 4 nitrogen and oxygen atoms in total. The van der Waals surface area contributed by atoms with Gasteiger partial charge in [0.2, 0.25) is 0 Å². The minimum Gasteiger partial charge on any atom is -0.443 e. The Kier molecular flexibility index (Phi) is 3.54. The van der Waals surface area contributed by atoms with E-state index in [2.05, 4.69) is 0 Å². The Hall–Kier alpha value is -1.26. The van der Waals surface area contributed by atoms with E-state index >= 15 is 0 Å². The van der Waals surface area contributed by atoms with E-state index in [4.69, 9.17) is 21.4 Å². The van der Waals surface area contributed by atoms with Crippen LogP contribution in [0.2, 0.25) is 5.02 Å². The van der Waals surface area contributed by atoms with E-state index in [0.717, 1.165) is 11.3 Å². The second-order valence-corrected chi connectivity index (χ2v) is 4.42. The molecular weight excluding hydrogens is 242 g/mol. The number of ether oxygens (including phenoxy) is 1. The van der Waals surface area contributed by atoms with Crippen molar-refractivity contribution in [3.63, 3.8) is 0 Å². The topological polar surface area (TPSA) is 49.8 Å². The number of benzene rings is 1. The van der Waals surface area contributed by atoms with Crippen LogP contribution in [0.4, 0.5) is 10.5 Å². The van der Waals surface area contributed by atoms with Gasteiger partial charge >= 0.3 is 6.09 Å². The predicted molar refractivity (Wildman–Crippen MR) is 65.5 cm³/mol. The first-order chi connectivity index (χ1) is 8.13. The molecule has 17 heavy (non-hydrogen) atoms. The summed E-state index contributed by atoms with van der Waals surface area (Å²) in [5.41, 5.74) is 1.62. The fourth-order valence-corrected chi connectivity index (χ4v) is 2.03. The summed E-state index contributed by atoms with van der Waals surface area (Å²) in [4.78, 5) is 13.3. The second-order valence-electron chi connectivity index (χ2n) is 4.01. The first kappa shape index (κ1) is 12.2. The minimum atomic E-state index is -0.430. The Morgan fingerprint density at radius 3 is 3.00 bits per heavy atom. The molecule has 1 amide bonds. The molecule has 0 radical (unpaired) electrons. The van der Waals surface area contributed by atoms with Crippen LogP contribution in [0.25, 0.3) is 0 Å². The Morgan fingerprint density at radius 1 is 1.59 bits per heavy atom. The van der Waals surface area contributed by atoms with E-state index in [1.807, 2.05) is 13.0 Å². The first-order valence-electron chi connectivity index (χ1n) is 5.47. The van der Waals surface area contributed by atoms with Gasteiger partial charge in [0.1, 0.15) is 6.10 Å². The highest BCUT2D eigenvalue weighted by Gasteiger charge is 2.28.